The molecule has 0 saturated carbocycles. The average Bonchev–Trinajstić information content (AvgIpc) is 2.85. The van der Waals surface area contributed by atoms with Crippen molar-refractivity contribution >= 4 is 5.91 Å². The zero-order valence-corrected chi connectivity index (χ0v) is 12.4. The van der Waals surface area contributed by atoms with Gasteiger partial charge >= 0.3 is 0 Å². The van der Waals surface area contributed by atoms with Crippen molar-refractivity contribution < 1.29 is 13.9 Å². The molecule has 1 amide bonds. The van der Waals surface area contributed by atoms with Crippen molar-refractivity contribution in [1.82, 2.24) is 15.2 Å². The topological polar surface area (TPSA) is 67.6 Å². The van der Waals surface area contributed by atoms with Crippen molar-refractivity contribution in [1.29, 1.82) is 0 Å². The normalized spacial score (nSPS) is 17.5. The number of nitrogens with zero attached hydrogens (tertiary/aromatic N) is 2. The first-order chi connectivity index (χ1) is 9.58. The highest BCUT2D eigenvalue weighted by Crippen LogP contribution is 2.10. The minimum absolute atomic E-state index is 0.131. The van der Waals surface area contributed by atoms with Crippen LogP contribution in [-0.2, 0) is 16.1 Å². The third kappa shape index (κ3) is 3.80. The highest BCUT2D eigenvalue weighted by molar-refractivity contribution is 5.82. The number of amides is 1. The van der Waals surface area contributed by atoms with Crippen LogP contribution in [0.15, 0.2) is 10.6 Å². The first-order valence-corrected chi connectivity index (χ1v) is 7.09. The lowest BCUT2D eigenvalue weighted by molar-refractivity contribution is -0.138. The highest BCUT2D eigenvalue weighted by Gasteiger charge is 2.28. The van der Waals surface area contributed by atoms with Crippen LogP contribution in [0.4, 0.5) is 0 Å². The molecule has 0 radical (unpaired) electrons. The monoisotopic (exact) mass is 281 g/mol. The van der Waals surface area contributed by atoms with E-state index in [0.717, 1.165) is 5.76 Å². The Labute approximate surface area is 119 Å². The molecule has 0 aliphatic carbocycles. The van der Waals surface area contributed by atoms with E-state index in [0.29, 0.717) is 38.7 Å². The second kappa shape index (κ2) is 6.85. The lowest BCUT2D eigenvalue weighted by atomic mass is 10.0. The number of hydrogen-bond acceptors (Lipinski definition) is 5. The maximum atomic E-state index is 12.5. The first kappa shape index (κ1) is 15.0. The molecule has 6 heteroatoms. The van der Waals surface area contributed by atoms with Crippen LogP contribution in [0.3, 0.4) is 0 Å². The quantitative estimate of drug-likeness (QED) is 0.870. The van der Waals surface area contributed by atoms with E-state index in [-0.39, 0.29) is 17.9 Å². The third-order valence-corrected chi connectivity index (χ3v) is 3.40. The predicted octanol–water partition coefficient (Wildman–Crippen LogP) is 0.956. The third-order valence-electron chi connectivity index (χ3n) is 3.40. The summed E-state index contributed by atoms with van der Waals surface area (Å²) in [5, 5.41) is 3.26. The number of aromatic nitrogens is 1. The van der Waals surface area contributed by atoms with Gasteiger partial charge < -0.3 is 14.1 Å². The Morgan fingerprint density at radius 1 is 1.45 bits per heavy atom. The molecule has 1 aliphatic heterocycles. The molecular weight excluding hydrogens is 258 g/mol. The summed E-state index contributed by atoms with van der Waals surface area (Å²) in [4.78, 5) is 18.5. The number of ether oxygens (including phenoxy) is 1. The smallest absolute Gasteiger partial charge is 0.240 e. The molecule has 1 atom stereocenters. The summed E-state index contributed by atoms with van der Waals surface area (Å²) in [5.41, 5.74) is 0. The summed E-state index contributed by atoms with van der Waals surface area (Å²) in [6.07, 6.45) is 1.69. The molecule has 1 saturated heterocycles. The standard InChI is InChI=1S/C14H23N3O3/c1-10(2)13(14(18)17-4-6-19-7-5-17)16-9-12-15-8-11(3)20-12/h8,10,13,16H,4-7,9H2,1-3H3/t13-/m0/s1. The molecule has 20 heavy (non-hydrogen) atoms. The molecule has 1 fully saturated rings. The van der Waals surface area contributed by atoms with E-state index in [4.69, 9.17) is 9.15 Å². The van der Waals surface area contributed by atoms with Crippen LogP contribution >= 0.6 is 0 Å². The van der Waals surface area contributed by atoms with Crippen molar-refractivity contribution in [3.63, 3.8) is 0 Å². The molecule has 0 bridgehead atoms. The Bertz CT molecular complexity index is 439. The predicted molar refractivity (Wildman–Crippen MR) is 74.1 cm³/mol. The molecule has 1 N–H and O–H groups in total. The van der Waals surface area contributed by atoms with Crippen molar-refractivity contribution in [3.05, 3.63) is 17.8 Å². The SMILES string of the molecule is Cc1cnc(CN[C@H](C(=O)N2CCOCC2)C(C)C)o1. The Hall–Kier alpha value is -1.40. The second-order valence-corrected chi connectivity index (χ2v) is 5.40. The van der Waals surface area contributed by atoms with E-state index >= 15 is 0 Å². The van der Waals surface area contributed by atoms with Crippen LogP contribution in [0.5, 0.6) is 0 Å². The summed E-state index contributed by atoms with van der Waals surface area (Å²) in [6.45, 7) is 8.98. The van der Waals surface area contributed by atoms with E-state index in [1.54, 1.807) is 6.20 Å². The Morgan fingerprint density at radius 3 is 2.70 bits per heavy atom. The Morgan fingerprint density at radius 2 is 2.15 bits per heavy atom. The van der Waals surface area contributed by atoms with Crippen molar-refractivity contribution in [2.45, 2.75) is 33.4 Å². The molecule has 1 aliphatic rings. The number of rotatable bonds is 5. The Kier molecular flexibility index (Phi) is 5.14. The number of nitrogens with one attached hydrogen (secondary N) is 1. The molecule has 2 rings (SSSR count). The molecule has 6 nitrogen and oxygen atoms in total. The minimum atomic E-state index is -0.222. The summed E-state index contributed by atoms with van der Waals surface area (Å²) < 4.78 is 10.7. The number of hydrogen-bond donors (Lipinski definition) is 1. The van der Waals surface area contributed by atoms with Gasteiger partial charge in [-0.1, -0.05) is 13.8 Å². The van der Waals surface area contributed by atoms with E-state index in [1.165, 1.54) is 0 Å². The fourth-order valence-electron chi connectivity index (χ4n) is 2.27. The van der Waals surface area contributed by atoms with Gasteiger partial charge in [0.2, 0.25) is 11.8 Å². The average molecular weight is 281 g/mol. The van der Waals surface area contributed by atoms with Gasteiger partial charge in [0.1, 0.15) is 5.76 Å². The lowest BCUT2D eigenvalue weighted by Gasteiger charge is -2.32. The first-order valence-electron chi connectivity index (χ1n) is 7.09. The van der Waals surface area contributed by atoms with Gasteiger partial charge in [-0.3, -0.25) is 10.1 Å². The van der Waals surface area contributed by atoms with Crippen LogP contribution < -0.4 is 5.32 Å². The van der Waals surface area contributed by atoms with E-state index in [2.05, 4.69) is 10.3 Å². The van der Waals surface area contributed by atoms with Crippen LogP contribution in [-0.4, -0.2) is 48.1 Å². The van der Waals surface area contributed by atoms with Crippen LogP contribution in [0.25, 0.3) is 0 Å². The number of carbonyl (C=O) groups is 1. The van der Waals surface area contributed by atoms with Crippen LogP contribution in [0.2, 0.25) is 0 Å². The van der Waals surface area contributed by atoms with Crippen molar-refractivity contribution in [3.8, 4) is 0 Å². The van der Waals surface area contributed by atoms with Gasteiger partial charge in [0.15, 0.2) is 0 Å². The van der Waals surface area contributed by atoms with Crippen molar-refractivity contribution in [2.24, 2.45) is 5.92 Å². The van der Waals surface area contributed by atoms with Gasteiger partial charge in [0.25, 0.3) is 0 Å². The van der Waals surface area contributed by atoms with E-state index < -0.39 is 0 Å². The van der Waals surface area contributed by atoms with Crippen molar-refractivity contribution in [2.75, 3.05) is 26.3 Å². The summed E-state index contributed by atoms with van der Waals surface area (Å²) in [6, 6.07) is -0.222. The summed E-state index contributed by atoms with van der Waals surface area (Å²) in [5.74, 6) is 1.73. The summed E-state index contributed by atoms with van der Waals surface area (Å²) >= 11 is 0. The molecule has 112 valence electrons. The number of carbonyl (C=O) groups excluding carboxylic acids is 1. The van der Waals surface area contributed by atoms with Gasteiger partial charge in [-0.2, -0.15) is 0 Å². The summed E-state index contributed by atoms with van der Waals surface area (Å²) in [7, 11) is 0. The van der Waals surface area contributed by atoms with Gasteiger partial charge in [-0.05, 0) is 12.8 Å². The Balaban J connectivity index is 1.93. The fourth-order valence-corrected chi connectivity index (χ4v) is 2.27. The molecule has 0 unspecified atom stereocenters. The van der Waals surface area contributed by atoms with E-state index in [1.807, 2.05) is 25.7 Å². The number of aryl methyl sites for hydroxylation is 1. The second-order valence-electron chi connectivity index (χ2n) is 5.40. The largest absolute Gasteiger partial charge is 0.445 e. The van der Waals surface area contributed by atoms with Gasteiger partial charge in [0.05, 0.1) is 32.0 Å². The molecule has 0 aromatic carbocycles. The van der Waals surface area contributed by atoms with Crippen LogP contribution in [0.1, 0.15) is 25.5 Å². The van der Waals surface area contributed by atoms with Gasteiger partial charge in [-0.15, -0.1) is 0 Å². The zero-order valence-electron chi connectivity index (χ0n) is 12.4. The minimum Gasteiger partial charge on any atom is -0.445 e. The number of oxazole rings is 1. The van der Waals surface area contributed by atoms with Gasteiger partial charge in [-0.25, -0.2) is 4.98 Å². The van der Waals surface area contributed by atoms with E-state index in [9.17, 15) is 4.79 Å². The lowest BCUT2D eigenvalue weighted by Crippen LogP contribution is -2.52. The molecule has 1 aromatic heterocycles. The zero-order chi connectivity index (χ0) is 14.5. The van der Waals surface area contributed by atoms with Gasteiger partial charge in [0, 0.05) is 13.1 Å². The molecule has 2 heterocycles. The molecule has 0 spiro atoms. The molecular formula is C14H23N3O3. The maximum Gasteiger partial charge on any atom is 0.240 e. The fraction of sp³-hybridized carbons (Fsp3) is 0.714. The number of morpholine rings is 1. The maximum absolute atomic E-state index is 12.5. The highest BCUT2D eigenvalue weighted by atomic mass is 16.5. The molecule has 1 aromatic rings. The van der Waals surface area contributed by atoms with Crippen LogP contribution in [0, 0.1) is 12.8 Å².